The van der Waals surface area contributed by atoms with Crippen LogP contribution in [0.4, 0.5) is 11.4 Å². The standard InChI is InChI=1S/C30H24BrN3O6S/c1-2-38-26-15-21(25(31)17-27(26)40-19-20-8-6-11-23(14-20)34(36)37)16-28-29(35)33(18-24-12-7-13-39-24)30(41-28)32-22-9-4-3-5-10-22/h3-17H,2,18-19H2,1H3/b28-16-,32-30?. The number of carbonyl (C=O) groups excluding carboxylic acids is 1. The van der Waals surface area contributed by atoms with E-state index in [0.717, 1.165) is 5.69 Å². The smallest absolute Gasteiger partial charge is 0.269 e. The number of carbonyl (C=O) groups is 1. The molecule has 0 unspecified atom stereocenters. The van der Waals surface area contributed by atoms with E-state index in [2.05, 4.69) is 15.9 Å². The Kier molecular flexibility index (Phi) is 8.85. The van der Waals surface area contributed by atoms with Crippen LogP contribution < -0.4 is 9.47 Å². The van der Waals surface area contributed by atoms with E-state index in [-0.39, 0.29) is 24.7 Å². The van der Waals surface area contributed by atoms with Gasteiger partial charge in [-0.05, 0) is 72.3 Å². The lowest BCUT2D eigenvalue weighted by Crippen LogP contribution is -2.28. The van der Waals surface area contributed by atoms with Crippen molar-refractivity contribution in [2.45, 2.75) is 20.1 Å². The number of nitro benzene ring substituents is 1. The molecule has 0 spiro atoms. The van der Waals surface area contributed by atoms with E-state index in [0.29, 0.717) is 49.5 Å². The second kappa shape index (κ2) is 12.9. The zero-order valence-corrected chi connectivity index (χ0v) is 24.3. The SMILES string of the molecule is CCOc1cc(/C=C2\SC(=Nc3ccccc3)N(Cc3ccco3)C2=O)c(Br)cc1OCc1cccc([N+](=O)[O-])c1. The topological polar surface area (TPSA) is 107 Å². The average Bonchev–Trinajstić information content (AvgIpc) is 3.59. The van der Waals surface area contributed by atoms with Crippen LogP contribution in [-0.4, -0.2) is 27.5 Å². The molecule has 0 radical (unpaired) electrons. The predicted octanol–water partition coefficient (Wildman–Crippen LogP) is 7.73. The Balaban J connectivity index is 1.43. The van der Waals surface area contributed by atoms with Gasteiger partial charge in [-0.15, -0.1) is 0 Å². The molecule has 0 saturated carbocycles. The van der Waals surface area contributed by atoms with Crippen molar-refractivity contribution < 1.29 is 23.6 Å². The number of amidine groups is 1. The first kappa shape index (κ1) is 28.2. The monoisotopic (exact) mass is 633 g/mol. The van der Waals surface area contributed by atoms with E-state index in [4.69, 9.17) is 18.9 Å². The van der Waals surface area contributed by atoms with Crippen LogP contribution in [0.2, 0.25) is 0 Å². The zero-order valence-electron chi connectivity index (χ0n) is 21.9. The van der Waals surface area contributed by atoms with Gasteiger partial charge >= 0.3 is 0 Å². The molecule has 2 heterocycles. The lowest BCUT2D eigenvalue weighted by molar-refractivity contribution is -0.384. The zero-order chi connectivity index (χ0) is 28.8. The maximum Gasteiger partial charge on any atom is 0.269 e. The number of hydrogen-bond donors (Lipinski definition) is 0. The van der Waals surface area contributed by atoms with Crippen LogP contribution in [0.15, 0.2) is 104 Å². The minimum atomic E-state index is -0.442. The van der Waals surface area contributed by atoms with Crippen LogP contribution in [0, 0.1) is 10.1 Å². The van der Waals surface area contributed by atoms with Gasteiger partial charge in [0.25, 0.3) is 11.6 Å². The summed E-state index contributed by atoms with van der Waals surface area (Å²) >= 11 is 4.88. The summed E-state index contributed by atoms with van der Waals surface area (Å²) in [5.74, 6) is 1.39. The molecule has 0 aliphatic carbocycles. The second-order valence-electron chi connectivity index (χ2n) is 8.78. The molecule has 1 amide bonds. The maximum absolute atomic E-state index is 13.6. The summed E-state index contributed by atoms with van der Waals surface area (Å²) in [6, 6.07) is 22.9. The summed E-state index contributed by atoms with van der Waals surface area (Å²) < 4.78 is 18.0. The lowest BCUT2D eigenvalue weighted by atomic mass is 10.1. The summed E-state index contributed by atoms with van der Waals surface area (Å²) in [5.41, 5.74) is 2.09. The maximum atomic E-state index is 13.6. The molecule has 0 bridgehead atoms. The molecule has 11 heteroatoms. The molecule has 3 aromatic carbocycles. The fourth-order valence-corrected chi connectivity index (χ4v) is 5.43. The van der Waals surface area contributed by atoms with Gasteiger partial charge < -0.3 is 13.9 Å². The van der Waals surface area contributed by atoms with Crippen molar-refractivity contribution in [2.24, 2.45) is 4.99 Å². The third-order valence-electron chi connectivity index (χ3n) is 5.93. The Morgan fingerprint density at radius 2 is 1.85 bits per heavy atom. The van der Waals surface area contributed by atoms with Gasteiger partial charge in [-0.25, -0.2) is 4.99 Å². The van der Waals surface area contributed by atoms with Crippen LogP contribution in [0.1, 0.15) is 23.8 Å². The molecule has 9 nitrogen and oxygen atoms in total. The highest BCUT2D eigenvalue weighted by Gasteiger charge is 2.34. The third kappa shape index (κ3) is 6.87. The largest absolute Gasteiger partial charge is 0.490 e. The number of nitro groups is 1. The van der Waals surface area contributed by atoms with E-state index in [1.807, 2.05) is 43.3 Å². The molecule has 4 aromatic rings. The number of non-ortho nitro benzene ring substituents is 1. The van der Waals surface area contributed by atoms with E-state index >= 15 is 0 Å². The average molecular weight is 635 g/mol. The number of ether oxygens (including phenoxy) is 2. The Hall–Kier alpha value is -4.35. The van der Waals surface area contributed by atoms with Gasteiger partial charge in [-0.1, -0.05) is 46.3 Å². The Morgan fingerprint density at radius 1 is 1.05 bits per heavy atom. The number of benzene rings is 3. The van der Waals surface area contributed by atoms with Gasteiger partial charge in [0, 0.05) is 16.6 Å². The highest BCUT2D eigenvalue weighted by Crippen LogP contribution is 2.39. The molecule has 1 aliphatic rings. The predicted molar refractivity (Wildman–Crippen MR) is 161 cm³/mol. The fourth-order valence-electron chi connectivity index (χ4n) is 4.01. The number of thioether (sulfide) groups is 1. The lowest BCUT2D eigenvalue weighted by Gasteiger charge is -2.14. The van der Waals surface area contributed by atoms with Gasteiger partial charge in [0.05, 0.1) is 34.9 Å². The summed E-state index contributed by atoms with van der Waals surface area (Å²) in [4.78, 5) is 31.0. The number of furan rings is 1. The van der Waals surface area contributed by atoms with Crippen molar-refractivity contribution in [3.63, 3.8) is 0 Å². The minimum absolute atomic E-state index is 0.00530. The molecular formula is C30H24BrN3O6S. The molecule has 208 valence electrons. The first-order chi connectivity index (χ1) is 19.9. The molecule has 1 aliphatic heterocycles. The van der Waals surface area contributed by atoms with Gasteiger partial charge in [-0.3, -0.25) is 19.8 Å². The molecule has 1 fully saturated rings. The molecular weight excluding hydrogens is 610 g/mol. The number of rotatable bonds is 10. The van der Waals surface area contributed by atoms with Crippen LogP contribution in [0.3, 0.4) is 0 Å². The van der Waals surface area contributed by atoms with E-state index < -0.39 is 4.92 Å². The fraction of sp³-hybridized carbons (Fsp3) is 0.133. The summed E-state index contributed by atoms with van der Waals surface area (Å²) in [7, 11) is 0. The quantitative estimate of drug-likeness (QED) is 0.0998. The first-order valence-corrected chi connectivity index (χ1v) is 14.2. The van der Waals surface area contributed by atoms with Crippen molar-refractivity contribution >= 4 is 56.2 Å². The second-order valence-corrected chi connectivity index (χ2v) is 10.6. The van der Waals surface area contributed by atoms with Crippen molar-refractivity contribution in [3.05, 3.63) is 122 Å². The Labute approximate surface area is 248 Å². The number of aliphatic imine (C=N–C) groups is 1. The van der Waals surface area contributed by atoms with E-state index in [1.54, 1.807) is 47.6 Å². The number of hydrogen-bond acceptors (Lipinski definition) is 8. The molecule has 1 saturated heterocycles. The van der Waals surface area contributed by atoms with Crippen LogP contribution in [-0.2, 0) is 17.9 Å². The summed E-state index contributed by atoms with van der Waals surface area (Å²) in [5, 5.41) is 11.7. The van der Waals surface area contributed by atoms with Gasteiger partial charge in [-0.2, -0.15) is 0 Å². The van der Waals surface area contributed by atoms with Gasteiger partial charge in [0.1, 0.15) is 12.4 Å². The van der Waals surface area contributed by atoms with Gasteiger partial charge in [0.2, 0.25) is 0 Å². The number of para-hydroxylation sites is 1. The summed E-state index contributed by atoms with van der Waals surface area (Å²) in [6.45, 7) is 2.62. The van der Waals surface area contributed by atoms with Crippen molar-refractivity contribution in [3.8, 4) is 11.5 Å². The van der Waals surface area contributed by atoms with Crippen LogP contribution in [0.25, 0.3) is 6.08 Å². The first-order valence-electron chi connectivity index (χ1n) is 12.6. The molecule has 1 aromatic heterocycles. The highest BCUT2D eigenvalue weighted by molar-refractivity contribution is 9.10. The van der Waals surface area contributed by atoms with E-state index in [1.165, 1.54) is 23.9 Å². The normalized spacial score (nSPS) is 15.1. The van der Waals surface area contributed by atoms with Crippen LogP contribution in [0.5, 0.6) is 11.5 Å². The number of nitrogens with zero attached hydrogens (tertiary/aromatic N) is 3. The van der Waals surface area contributed by atoms with E-state index in [9.17, 15) is 14.9 Å². The Bertz CT molecular complexity index is 1620. The minimum Gasteiger partial charge on any atom is -0.490 e. The number of halogens is 1. The van der Waals surface area contributed by atoms with Crippen LogP contribution >= 0.6 is 27.7 Å². The molecule has 0 N–H and O–H groups in total. The van der Waals surface area contributed by atoms with Crippen molar-refractivity contribution in [1.82, 2.24) is 4.90 Å². The Morgan fingerprint density at radius 3 is 2.59 bits per heavy atom. The van der Waals surface area contributed by atoms with Gasteiger partial charge in [0.15, 0.2) is 16.7 Å². The molecule has 41 heavy (non-hydrogen) atoms. The van der Waals surface area contributed by atoms with Crippen molar-refractivity contribution in [2.75, 3.05) is 6.61 Å². The highest BCUT2D eigenvalue weighted by atomic mass is 79.9. The number of amides is 1. The molecule has 0 atom stereocenters. The van der Waals surface area contributed by atoms with Crippen molar-refractivity contribution in [1.29, 1.82) is 0 Å². The summed E-state index contributed by atoms with van der Waals surface area (Å²) in [6.07, 6.45) is 3.36. The molecule has 5 rings (SSSR count). The third-order valence-corrected chi connectivity index (χ3v) is 7.62.